The van der Waals surface area contributed by atoms with E-state index in [0.717, 1.165) is 112 Å². The van der Waals surface area contributed by atoms with Gasteiger partial charge in [-0.2, -0.15) is 0 Å². The first-order valence-corrected chi connectivity index (χ1v) is 18.0. The van der Waals surface area contributed by atoms with Crippen molar-refractivity contribution in [3.63, 3.8) is 0 Å². The number of rotatable bonds is 4. The van der Waals surface area contributed by atoms with Crippen LogP contribution < -0.4 is 0 Å². The van der Waals surface area contributed by atoms with Crippen LogP contribution in [0.2, 0.25) is 0 Å². The van der Waals surface area contributed by atoms with Crippen molar-refractivity contribution in [2.24, 2.45) is 0 Å². The average molecular weight is 711 g/mol. The number of aromatic nitrogens is 4. The van der Waals surface area contributed by atoms with Gasteiger partial charge in [0.1, 0.15) is 0 Å². The van der Waals surface area contributed by atoms with Crippen LogP contribution in [-0.4, -0.2) is 19.9 Å². The second-order valence-corrected chi connectivity index (χ2v) is 13.4. The van der Waals surface area contributed by atoms with Crippen molar-refractivity contribution in [3.05, 3.63) is 166 Å². The summed E-state index contributed by atoms with van der Waals surface area (Å²) < 4.78 is 0. The largest absolute Gasteiger partial charge is 0.354 e. The van der Waals surface area contributed by atoms with Crippen molar-refractivity contribution in [2.75, 3.05) is 0 Å². The van der Waals surface area contributed by atoms with E-state index in [1.54, 1.807) is 0 Å². The summed E-state index contributed by atoms with van der Waals surface area (Å²) in [4.78, 5) is 18.2. The Bertz CT molecular complexity index is 2770. The standard InChI is InChI=1S/C52H30N4/c1-5-33-13-9-17-37(29-33)49-41-21-23-43(53-41)50(38-18-10-14-34(6-2)30-38)45-25-27-47(55-45)52(40-20-12-16-36(8-4)32-40)48-28-26-46(56-48)51(44-24-22-42(49)54-44)39-19-11-15-35(7-3)31-39/h1-4,9-32,53,56H. The van der Waals surface area contributed by atoms with E-state index in [2.05, 4.69) is 106 Å². The van der Waals surface area contributed by atoms with Crippen molar-refractivity contribution < 1.29 is 0 Å². The van der Waals surface area contributed by atoms with Gasteiger partial charge in [-0.1, -0.05) is 72.2 Å². The number of nitrogens with one attached hydrogen (secondary N) is 2. The average Bonchev–Trinajstić information content (AvgIpc) is 4.09. The third-order valence-corrected chi connectivity index (χ3v) is 10.0. The summed E-state index contributed by atoms with van der Waals surface area (Å²) in [5.74, 6) is 11.2. The molecule has 8 bridgehead atoms. The zero-order valence-electron chi connectivity index (χ0n) is 30.1. The molecule has 7 aromatic rings. The van der Waals surface area contributed by atoms with E-state index < -0.39 is 0 Å². The topological polar surface area (TPSA) is 57.4 Å². The Labute approximate surface area is 325 Å². The van der Waals surface area contributed by atoms with Crippen molar-refractivity contribution in [2.45, 2.75) is 0 Å². The minimum Gasteiger partial charge on any atom is -0.354 e. The number of fused-ring (bicyclic) bond motifs is 8. The molecule has 3 aromatic heterocycles. The molecule has 5 heterocycles. The van der Waals surface area contributed by atoms with E-state index in [9.17, 15) is 0 Å². The van der Waals surface area contributed by atoms with Crippen LogP contribution in [0.3, 0.4) is 0 Å². The maximum absolute atomic E-state index is 5.91. The number of H-pyrrole nitrogens is 2. The van der Waals surface area contributed by atoms with Crippen LogP contribution in [0.15, 0.2) is 121 Å². The predicted octanol–water partition coefficient (Wildman–Crippen LogP) is 11.2. The Hall–Kier alpha value is -8.28. The van der Waals surface area contributed by atoms with E-state index >= 15 is 0 Å². The van der Waals surface area contributed by atoms with Crippen LogP contribution in [0.1, 0.15) is 45.0 Å². The Morgan fingerprint density at radius 1 is 0.339 bits per heavy atom. The lowest BCUT2D eigenvalue weighted by atomic mass is 10.0. The van der Waals surface area contributed by atoms with Gasteiger partial charge in [-0.15, -0.1) is 25.7 Å². The van der Waals surface area contributed by atoms with Gasteiger partial charge in [0.15, 0.2) is 0 Å². The first kappa shape index (κ1) is 33.5. The molecular weight excluding hydrogens is 681 g/mol. The van der Waals surface area contributed by atoms with Crippen LogP contribution in [-0.2, 0) is 0 Å². The number of nitrogens with zero attached hydrogens (tertiary/aromatic N) is 2. The molecule has 9 rings (SSSR count). The molecule has 0 unspecified atom stereocenters. The summed E-state index contributed by atoms with van der Waals surface area (Å²) >= 11 is 0. The van der Waals surface area contributed by atoms with Gasteiger partial charge in [0.05, 0.1) is 22.8 Å². The first-order chi connectivity index (χ1) is 27.5. The van der Waals surface area contributed by atoms with Gasteiger partial charge in [0.25, 0.3) is 0 Å². The molecule has 0 saturated carbocycles. The van der Waals surface area contributed by atoms with Crippen molar-refractivity contribution >= 4 is 46.4 Å². The molecule has 0 amide bonds. The Kier molecular flexibility index (Phi) is 8.35. The number of hydrogen-bond acceptors (Lipinski definition) is 2. The molecule has 2 aliphatic rings. The maximum atomic E-state index is 5.91. The highest BCUT2D eigenvalue weighted by Gasteiger charge is 2.19. The summed E-state index contributed by atoms with van der Waals surface area (Å²) in [5, 5.41) is 0. The minimum absolute atomic E-state index is 0.768. The van der Waals surface area contributed by atoms with E-state index in [1.807, 2.05) is 72.8 Å². The van der Waals surface area contributed by atoms with Crippen LogP contribution in [0.5, 0.6) is 0 Å². The Balaban J connectivity index is 1.49. The lowest BCUT2D eigenvalue weighted by molar-refractivity contribution is 1.31. The second-order valence-electron chi connectivity index (χ2n) is 13.4. The monoisotopic (exact) mass is 710 g/mol. The van der Waals surface area contributed by atoms with E-state index in [0.29, 0.717) is 0 Å². The smallest absolute Gasteiger partial charge is 0.0737 e. The molecule has 0 aliphatic carbocycles. The van der Waals surface area contributed by atoms with Gasteiger partial charge in [0, 0.05) is 66.6 Å². The van der Waals surface area contributed by atoms with Crippen LogP contribution in [0.4, 0.5) is 0 Å². The Morgan fingerprint density at radius 3 is 0.821 bits per heavy atom. The van der Waals surface area contributed by atoms with Crippen molar-refractivity contribution in [1.29, 1.82) is 0 Å². The highest BCUT2D eigenvalue weighted by atomic mass is 14.8. The summed E-state index contributed by atoms with van der Waals surface area (Å²) in [5.41, 5.74) is 16.9. The number of benzene rings is 4. The summed E-state index contributed by atoms with van der Waals surface area (Å²) in [6.07, 6.45) is 31.8. The summed E-state index contributed by atoms with van der Waals surface area (Å²) in [7, 11) is 0. The fourth-order valence-electron chi connectivity index (χ4n) is 7.48. The molecule has 0 saturated heterocycles. The quantitative estimate of drug-likeness (QED) is 0.179. The second kappa shape index (κ2) is 13.9. The highest BCUT2D eigenvalue weighted by Crippen LogP contribution is 2.39. The molecule has 56 heavy (non-hydrogen) atoms. The summed E-state index contributed by atoms with van der Waals surface area (Å²) in [6.45, 7) is 0. The molecular formula is C52H30N4. The predicted molar refractivity (Wildman–Crippen MR) is 232 cm³/mol. The number of terminal acetylenes is 4. The number of aromatic amines is 2. The lowest BCUT2D eigenvalue weighted by Gasteiger charge is -2.08. The SMILES string of the molecule is C#Cc1cccc(-c2c3nc(c(-c4cccc(C#C)c4)c4ccc([nH]4)c(-c4cccc(C#C)c4)c4nc(c(-c5cccc(C#C)c5)c5ccc2[nH]5)C=C4)C=C3)c1. The molecule has 0 spiro atoms. The van der Waals surface area contributed by atoms with Gasteiger partial charge >= 0.3 is 0 Å². The molecule has 4 aromatic carbocycles. The lowest BCUT2D eigenvalue weighted by Crippen LogP contribution is -1.90. The van der Waals surface area contributed by atoms with Gasteiger partial charge in [-0.3, -0.25) is 0 Å². The normalized spacial score (nSPS) is 11.4. The minimum atomic E-state index is 0.768. The molecule has 0 fully saturated rings. The maximum Gasteiger partial charge on any atom is 0.0737 e. The molecule has 0 atom stereocenters. The number of hydrogen-bond donors (Lipinski definition) is 2. The van der Waals surface area contributed by atoms with Crippen LogP contribution in [0, 0.1) is 49.4 Å². The van der Waals surface area contributed by atoms with Gasteiger partial charge < -0.3 is 9.97 Å². The van der Waals surface area contributed by atoms with Crippen molar-refractivity contribution in [3.8, 4) is 93.9 Å². The zero-order chi connectivity index (χ0) is 38.2. The van der Waals surface area contributed by atoms with Gasteiger partial charge in [0.2, 0.25) is 0 Å². The highest BCUT2D eigenvalue weighted by molar-refractivity contribution is 6.00. The molecule has 258 valence electrons. The fraction of sp³-hybridized carbons (Fsp3) is 0. The molecule has 2 aliphatic heterocycles. The first-order valence-electron chi connectivity index (χ1n) is 18.0. The fourth-order valence-corrected chi connectivity index (χ4v) is 7.48. The summed E-state index contributed by atoms with van der Waals surface area (Å²) in [6, 6.07) is 40.2. The molecule has 4 heteroatoms. The van der Waals surface area contributed by atoms with E-state index in [-0.39, 0.29) is 0 Å². The van der Waals surface area contributed by atoms with Crippen molar-refractivity contribution in [1.82, 2.24) is 19.9 Å². The third kappa shape index (κ3) is 5.97. The third-order valence-electron chi connectivity index (χ3n) is 10.0. The van der Waals surface area contributed by atoms with Gasteiger partial charge in [-0.05, 0) is 119 Å². The van der Waals surface area contributed by atoms with Crippen LogP contribution in [0.25, 0.3) is 90.9 Å². The van der Waals surface area contributed by atoms with Crippen LogP contribution >= 0.6 is 0 Å². The van der Waals surface area contributed by atoms with Gasteiger partial charge in [-0.25, -0.2) is 9.97 Å². The molecule has 4 nitrogen and oxygen atoms in total. The zero-order valence-corrected chi connectivity index (χ0v) is 30.1. The molecule has 0 radical (unpaired) electrons. The van der Waals surface area contributed by atoms with E-state index in [1.165, 1.54) is 0 Å². The Morgan fingerprint density at radius 2 is 0.589 bits per heavy atom. The molecule has 2 N–H and O–H groups in total. The van der Waals surface area contributed by atoms with E-state index in [4.69, 9.17) is 35.7 Å².